The minimum Gasteiger partial charge on any atom is -0.491 e. The molecule has 0 fully saturated rings. The lowest BCUT2D eigenvalue weighted by Gasteiger charge is -2.09. The van der Waals surface area contributed by atoms with Gasteiger partial charge >= 0.3 is 5.97 Å². The molecular weight excluding hydrogens is 503 g/mol. The Kier molecular flexibility index (Phi) is 14.2. The first-order valence-electron chi connectivity index (χ1n) is 15.2. The Balaban J connectivity index is 1.43. The van der Waals surface area contributed by atoms with Crippen molar-refractivity contribution in [1.82, 2.24) is 9.97 Å². The molecule has 0 atom stereocenters. The Morgan fingerprint density at radius 1 is 0.750 bits per heavy atom. The highest BCUT2D eigenvalue weighted by atomic mass is 19.1. The third kappa shape index (κ3) is 11.1. The molecule has 0 radical (unpaired) electrons. The maximum absolute atomic E-state index is 14.5. The van der Waals surface area contributed by atoms with Gasteiger partial charge in [0.1, 0.15) is 5.75 Å². The number of rotatable bonds is 19. The highest BCUT2D eigenvalue weighted by Gasteiger charge is 2.13. The van der Waals surface area contributed by atoms with Crippen molar-refractivity contribution in [1.29, 1.82) is 0 Å². The first-order valence-corrected chi connectivity index (χ1v) is 15.2. The number of esters is 1. The average molecular weight is 549 g/mol. The molecule has 40 heavy (non-hydrogen) atoms. The van der Waals surface area contributed by atoms with Gasteiger partial charge in [0.15, 0.2) is 17.4 Å². The molecule has 0 spiro atoms. The van der Waals surface area contributed by atoms with Gasteiger partial charge in [0.25, 0.3) is 0 Å². The van der Waals surface area contributed by atoms with Crippen molar-refractivity contribution in [2.45, 2.75) is 104 Å². The van der Waals surface area contributed by atoms with E-state index < -0.39 is 11.8 Å². The number of aryl methyl sites for hydroxylation is 1. The summed E-state index contributed by atoms with van der Waals surface area (Å²) in [6.45, 7) is 4.89. The summed E-state index contributed by atoms with van der Waals surface area (Å²) in [5.74, 6) is -0.0424. The lowest BCUT2D eigenvalue weighted by Crippen LogP contribution is -2.09. The summed E-state index contributed by atoms with van der Waals surface area (Å²) in [5.41, 5.74) is 2.11. The largest absolute Gasteiger partial charge is 0.491 e. The summed E-state index contributed by atoms with van der Waals surface area (Å²) in [4.78, 5) is 21.6. The highest BCUT2D eigenvalue weighted by Crippen LogP contribution is 2.23. The second-order valence-electron chi connectivity index (χ2n) is 10.5. The molecule has 1 aromatic heterocycles. The molecule has 0 bridgehead atoms. The molecule has 0 saturated heterocycles. The fourth-order valence-corrected chi connectivity index (χ4v) is 4.57. The van der Waals surface area contributed by atoms with Crippen LogP contribution in [0.5, 0.6) is 11.5 Å². The van der Waals surface area contributed by atoms with E-state index in [2.05, 4.69) is 23.8 Å². The van der Waals surface area contributed by atoms with Gasteiger partial charge in [-0.1, -0.05) is 84.5 Å². The molecule has 0 aliphatic carbocycles. The third-order valence-corrected chi connectivity index (χ3v) is 7.02. The number of nitrogens with zero attached hydrogens (tertiary/aromatic N) is 2. The molecule has 0 saturated carbocycles. The molecule has 2 aromatic carbocycles. The summed E-state index contributed by atoms with van der Waals surface area (Å²) >= 11 is 0. The zero-order chi connectivity index (χ0) is 28.4. The van der Waals surface area contributed by atoms with Crippen LogP contribution in [0.1, 0.15) is 113 Å². The highest BCUT2D eigenvalue weighted by molar-refractivity contribution is 5.91. The maximum atomic E-state index is 14.5. The van der Waals surface area contributed by atoms with E-state index in [1.54, 1.807) is 12.1 Å². The van der Waals surface area contributed by atoms with Crippen LogP contribution < -0.4 is 9.47 Å². The Morgan fingerprint density at radius 3 is 1.98 bits per heavy atom. The van der Waals surface area contributed by atoms with Gasteiger partial charge in [-0.05, 0) is 67.3 Å². The monoisotopic (exact) mass is 548 g/mol. The zero-order valence-corrected chi connectivity index (χ0v) is 24.3. The Labute approximate surface area is 239 Å². The summed E-state index contributed by atoms with van der Waals surface area (Å²) in [6, 6.07) is 11.2. The lowest BCUT2D eigenvalue weighted by molar-refractivity contribution is 0.0734. The Bertz CT molecular complexity index is 1130. The van der Waals surface area contributed by atoms with Crippen molar-refractivity contribution in [2.24, 2.45) is 0 Å². The van der Waals surface area contributed by atoms with Gasteiger partial charge in [-0.2, -0.15) is 0 Å². The van der Waals surface area contributed by atoms with Crippen molar-refractivity contribution >= 4 is 5.97 Å². The molecule has 3 aromatic rings. The third-order valence-electron chi connectivity index (χ3n) is 7.02. The molecule has 1 heterocycles. The van der Waals surface area contributed by atoms with Crippen molar-refractivity contribution in [3.63, 3.8) is 0 Å². The number of ether oxygens (including phenoxy) is 2. The van der Waals surface area contributed by atoms with Gasteiger partial charge in [-0.25, -0.2) is 19.2 Å². The first-order chi connectivity index (χ1) is 19.6. The van der Waals surface area contributed by atoms with Gasteiger partial charge in [0.05, 0.1) is 12.2 Å². The quantitative estimate of drug-likeness (QED) is 0.0848. The van der Waals surface area contributed by atoms with Crippen molar-refractivity contribution in [2.75, 3.05) is 6.61 Å². The molecule has 0 aliphatic rings. The predicted octanol–water partition coefficient (Wildman–Crippen LogP) is 9.53. The van der Waals surface area contributed by atoms with Gasteiger partial charge in [0.2, 0.25) is 0 Å². The maximum Gasteiger partial charge on any atom is 0.343 e. The average Bonchev–Trinajstić information content (AvgIpc) is 2.97. The van der Waals surface area contributed by atoms with Crippen molar-refractivity contribution in [3.8, 4) is 22.9 Å². The molecule has 6 heteroatoms. The number of hydrogen-bond donors (Lipinski definition) is 0. The number of aromatic nitrogens is 2. The van der Waals surface area contributed by atoms with E-state index in [-0.39, 0.29) is 11.3 Å². The molecule has 0 amide bonds. The molecule has 0 unspecified atom stereocenters. The van der Waals surface area contributed by atoms with Crippen LogP contribution in [0.2, 0.25) is 0 Å². The number of unbranched alkanes of at least 4 members (excludes halogenated alkanes) is 11. The summed E-state index contributed by atoms with van der Waals surface area (Å²) in [7, 11) is 0. The fourth-order valence-electron chi connectivity index (χ4n) is 4.57. The van der Waals surface area contributed by atoms with E-state index in [0.29, 0.717) is 18.2 Å². The standard InChI is InChI=1S/C34H45FN2O3/c1-3-5-7-9-11-12-14-16-27-25-36-33(37-26-27)28-17-20-30(21-18-28)40-34(38)29-19-22-32(31(35)24-29)39-23-15-13-10-8-6-4-2/h17-22,24-26H,3-16,23H2,1-2H3. The van der Waals surface area contributed by atoms with Crippen LogP contribution in [0.4, 0.5) is 4.39 Å². The summed E-state index contributed by atoms with van der Waals surface area (Å²) < 4.78 is 25.5. The van der Waals surface area contributed by atoms with E-state index in [1.165, 1.54) is 76.3 Å². The minimum absolute atomic E-state index is 0.133. The second-order valence-corrected chi connectivity index (χ2v) is 10.5. The second kappa shape index (κ2) is 18.1. The zero-order valence-electron chi connectivity index (χ0n) is 24.3. The van der Waals surface area contributed by atoms with Crippen molar-refractivity contribution < 1.29 is 18.7 Å². The van der Waals surface area contributed by atoms with Gasteiger partial charge < -0.3 is 9.47 Å². The van der Waals surface area contributed by atoms with E-state index in [9.17, 15) is 9.18 Å². The smallest absolute Gasteiger partial charge is 0.343 e. The number of benzene rings is 2. The van der Waals surface area contributed by atoms with Crippen LogP contribution >= 0.6 is 0 Å². The van der Waals surface area contributed by atoms with Gasteiger partial charge in [-0.15, -0.1) is 0 Å². The van der Waals surface area contributed by atoms with Crippen molar-refractivity contribution in [3.05, 3.63) is 71.8 Å². The molecule has 0 aliphatic heterocycles. The summed E-state index contributed by atoms with van der Waals surface area (Å²) in [6.07, 6.45) is 20.6. The topological polar surface area (TPSA) is 61.3 Å². The van der Waals surface area contributed by atoms with Gasteiger partial charge in [-0.3, -0.25) is 0 Å². The van der Waals surface area contributed by atoms with Crippen LogP contribution in [0.15, 0.2) is 54.9 Å². The molecule has 216 valence electrons. The Hall–Kier alpha value is -3.28. The minimum atomic E-state index is -0.625. The van der Waals surface area contributed by atoms with Gasteiger partial charge in [0, 0.05) is 18.0 Å². The normalized spacial score (nSPS) is 11.0. The van der Waals surface area contributed by atoms with E-state index in [1.807, 2.05) is 24.5 Å². The molecule has 5 nitrogen and oxygen atoms in total. The van der Waals surface area contributed by atoms with E-state index >= 15 is 0 Å². The van der Waals surface area contributed by atoms with Crippen LogP contribution in [-0.2, 0) is 6.42 Å². The predicted molar refractivity (Wildman–Crippen MR) is 159 cm³/mol. The van der Waals surface area contributed by atoms with Crippen LogP contribution in [0.3, 0.4) is 0 Å². The molecule has 0 N–H and O–H groups in total. The number of carbonyl (C=O) groups excluding carboxylic acids is 1. The van der Waals surface area contributed by atoms with E-state index in [0.717, 1.165) is 42.9 Å². The van der Waals surface area contributed by atoms with Crippen LogP contribution in [0.25, 0.3) is 11.4 Å². The van der Waals surface area contributed by atoms with Crippen LogP contribution in [-0.4, -0.2) is 22.5 Å². The number of halogens is 1. The van der Waals surface area contributed by atoms with Crippen LogP contribution in [0, 0.1) is 5.82 Å². The summed E-state index contributed by atoms with van der Waals surface area (Å²) in [5, 5.41) is 0. The molecular formula is C34H45FN2O3. The number of carbonyl (C=O) groups is 1. The fraction of sp³-hybridized carbons (Fsp3) is 0.500. The SMILES string of the molecule is CCCCCCCCCc1cnc(-c2ccc(OC(=O)c3ccc(OCCCCCCCC)c(F)c3)cc2)nc1. The lowest BCUT2D eigenvalue weighted by atomic mass is 10.1. The molecule has 3 rings (SSSR count). The Morgan fingerprint density at radius 2 is 1.35 bits per heavy atom. The number of hydrogen-bond acceptors (Lipinski definition) is 5. The first kappa shape index (κ1) is 31.3. The van der Waals surface area contributed by atoms with E-state index in [4.69, 9.17) is 9.47 Å².